The molecule has 0 heterocycles. The van der Waals surface area contributed by atoms with Crippen LogP contribution in [0, 0.1) is 29.6 Å². The third kappa shape index (κ3) is 1.55. The zero-order chi connectivity index (χ0) is 10.3. The van der Waals surface area contributed by atoms with Crippen molar-refractivity contribution in [1.29, 1.82) is 0 Å². The third-order valence-electron chi connectivity index (χ3n) is 4.53. The van der Waals surface area contributed by atoms with Gasteiger partial charge in [0, 0.05) is 6.92 Å². The average Bonchev–Trinajstić information content (AvgIpc) is 2.64. The molecule has 5 atom stereocenters. The maximum atomic E-state index is 10.7. The maximum absolute atomic E-state index is 10.7. The standard InChI is InChI=1S/C12H20O2/c1-7-8(2)12-5-10(7)4-11(12)6-14-9(3)13/h7-8,10-12H,4-6H2,1-3H3. The molecule has 0 amide bonds. The van der Waals surface area contributed by atoms with Crippen LogP contribution in [0.1, 0.15) is 33.6 Å². The number of hydrogen-bond acceptors (Lipinski definition) is 2. The molecule has 0 N–H and O–H groups in total. The fourth-order valence-corrected chi connectivity index (χ4v) is 3.51. The molecule has 2 aliphatic carbocycles. The molecule has 0 spiro atoms. The molecule has 2 rings (SSSR count). The minimum absolute atomic E-state index is 0.131. The first kappa shape index (κ1) is 10.0. The second kappa shape index (κ2) is 3.56. The lowest BCUT2D eigenvalue weighted by Gasteiger charge is -2.31. The number of esters is 1. The van der Waals surface area contributed by atoms with Gasteiger partial charge in [-0.3, -0.25) is 4.79 Å². The van der Waals surface area contributed by atoms with Gasteiger partial charge in [-0.15, -0.1) is 0 Å². The first-order valence-corrected chi connectivity index (χ1v) is 5.73. The number of carbonyl (C=O) groups excluding carboxylic acids is 1. The minimum atomic E-state index is -0.131. The topological polar surface area (TPSA) is 26.3 Å². The predicted octanol–water partition coefficient (Wildman–Crippen LogP) is 2.48. The fourth-order valence-electron chi connectivity index (χ4n) is 3.51. The summed E-state index contributed by atoms with van der Waals surface area (Å²) in [4.78, 5) is 10.7. The number of carbonyl (C=O) groups is 1. The molecule has 80 valence electrons. The Morgan fingerprint density at radius 3 is 2.50 bits per heavy atom. The van der Waals surface area contributed by atoms with Crippen molar-refractivity contribution in [3.05, 3.63) is 0 Å². The third-order valence-corrected chi connectivity index (χ3v) is 4.53. The van der Waals surface area contributed by atoms with Gasteiger partial charge >= 0.3 is 5.97 Å². The van der Waals surface area contributed by atoms with Crippen LogP contribution >= 0.6 is 0 Å². The van der Waals surface area contributed by atoms with Gasteiger partial charge in [0.05, 0.1) is 6.61 Å². The Morgan fingerprint density at radius 2 is 2.00 bits per heavy atom. The molecular formula is C12H20O2. The van der Waals surface area contributed by atoms with E-state index < -0.39 is 0 Å². The smallest absolute Gasteiger partial charge is 0.302 e. The van der Waals surface area contributed by atoms with E-state index >= 15 is 0 Å². The summed E-state index contributed by atoms with van der Waals surface area (Å²) in [5, 5.41) is 0. The van der Waals surface area contributed by atoms with Crippen LogP contribution in [0.5, 0.6) is 0 Å². The van der Waals surface area contributed by atoms with E-state index in [1.165, 1.54) is 19.8 Å². The lowest BCUT2D eigenvalue weighted by molar-refractivity contribution is -0.143. The largest absolute Gasteiger partial charge is 0.466 e. The van der Waals surface area contributed by atoms with E-state index in [1.54, 1.807) is 0 Å². The molecule has 0 radical (unpaired) electrons. The average molecular weight is 196 g/mol. The van der Waals surface area contributed by atoms with Crippen molar-refractivity contribution < 1.29 is 9.53 Å². The highest BCUT2D eigenvalue weighted by Gasteiger charge is 2.48. The Balaban J connectivity index is 1.90. The monoisotopic (exact) mass is 196 g/mol. The Morgan fingerprint density at radius 1 is 1.29 bits per heavy atom. The fraction of sp³-hybridized carbons (Fsp3) is 0.917. The van der Waals surface area contributed by atoms with Gasteiger partial charge < -0.3 is 4.74 Å². The summed E-state index contributed by atoms with van der Waals surface area (Å²) in [6.07, 6.45) is 2.65. The molecule has 0 aliphatic heterocycles. The normalized spacial score (nSPS) is 45.5. The van der Waals surface area contributed by atoms with Crippen molar-refractivity contribution in [3.63, 3.8) is 0 Å². The summed E-state index contributed by atoms with van der Waals surface area (Å²) >= 11 is 0. The zero-order valence-electron chi connectivity index (χ0n) is 9.32. The quantitative estimate of drug-likeness (QED) is 0.634. The van der Waals surface area contributed by atoms with Crippen molar-refractivity contribution in [2.75, 3.05) is 6.61 Å². The van der Waals surface area contributed by atoms with Gasteiger partial charge in [0.1, 0.15) is 0 Å². The van der Waals surface area contributed by atoms with E-state index in [0.29, 0.717) is 12.5 Å². The van der Waals surface area contributed by atoms with Gasteiger partial charge in [-0.05, 0) is 42.4 Å². The van der Waals surface area contributed by atoms with Crippen LogP contribution in [0.2, 0.25) is 0 Å². The van der Waals surface area contributed by atoms with Crippen LogP contribution < -0.4 is 0 Å². The van der Waals surface area contributed by atoms with Gasteiger partial charge in [-0.2, -0.15) is 0 Å². The summed E-state index contributed by atoms with van der Waals surface area (Å²) in [6, 6.07) is 0. The van der Waals surface area contributed by atoms with Gasteiger partial charge in [-0.25, -0.2) is 0 Å². The molecular weight excluding hydrogens is 176 g/mol. The lowest BCUT2D eigenvalue weighted by atomic mass is 9.76. The van der Waals surface area contributed by atoms with Gasteiger partial charge in [0.25, 0.3) is 0 Å². The SMILES string of the molecule is CC(=O)OCC1CC2CC1C(C)C2C. The molecule has 2 aliphatic rings. The molecule has 2 heteroatoms. The van der Waals surface area contributed by atoms with Gasteiger partial charge in [0.2, 0.25) is 0 Å². The highest BCUT2D eigenvalue weighted by molar-refractivity contribution is 5.65. The maximum Gasteiger partial charge on any atom is 0.302 e. The molecule has 5 unspecified atom stereocenters. The summed E-state index contributed by atoms with van der Waals surface area (Å²) < 4.78 is 5.12. The van der Waals surface area contributed by atoms with Crippen LogP contribution in [0.3, 0.4) is 0 Å². The van der Waals surface area contributed by atoms with E-state index in [4.69, 9.17) is 4.74 Å². The summed E-state index contributed by atoms with van der Waals surface area (Å²) in [7, 11) is 0. The molecule has 14 heavy (non-hydrogen) atoms. The van der Waals surface area contributed by atoms with Crippen LogP contribution in [0.4, 0.5) is 0 Å². The van der Waals surface area contributed by atoms with Crippen LogP contribution in [-0.2, 0) is 9.53 Å². The second-order valence-corrected chi connectivity index (χ2v) is 5.18. The number of hydrogen-bond donors (Lipinski definition) is 0. The van der Waals surface area contributed by atoms with E-state index in [0.717, 1.165) is 23.7 Å². The number of fused-ring (bicyclic) bond motifs is 2. The highest BCUT2D eigenvalue weighted by atomic mass is 16.5. The van der Waals surface area contributed by atoms with E-state index in [2.05, 4.69) is 13.8 Å². The van der Waals surface area contributed by atoms with Crippen LogP contribution in [0.25, 0.3) is 0 Å². The Kier molecular flexibility index (Phi) is 2.54. The first-order valence-electron chi connectivity index (χ1n) is 5.73. The van der Waals surface area contributed by atoms with Gasteiger partial charge in [-0.1, -0.05) is 13.8 Å². The molecule has 2 bridgehead atoms. The first-order chi connectivity index (χ1) is 6.59. The molecule has 0 aromatic heterocycles. The Hall–Kier alpha value is -0.530. The Labute approximate surface area is 86.0 Å². The van der Waals surface area contributed by atoms with Crippen molar-refractivity contribution in [2.24, 2.45) is 29.6 Å². The molecule has 0 aromatic carbocycles. The summed E-state index contributed by atoms with van der Waals surface area (Å²) in [6.45, 7) is 6.89. The lowest BCUT2D eigenvalue weighted by Crippen LogP contribution is -2.27. The van der Waals surface area contributed by atoms with Crippen molar-refractivity contribution >= 4 is 5.97 Å². The molecule has 0 saturated heterocycles. The zero-order valence-corrected chi connectivity index (χ0v) is 9.32. The molecule has 2 saturated carbocycles. The van der Waals surface area contributed by atoms with Crippen molar-refractivity contribution in [3.8, 4) is 0 Å². The molecule has 2 fully saturated rings. The van der Waals surface area contributed by atoms with Crippen LogP contribution in [0.15, 0.2) is 0 Å². The molecule has 0 aromatic rings. The molecule has 2 nitrogen and oxygen atoms in total. The second-order valence-electron chi connectivity index (χ2n) is 5.18. The van der Waals surface area contributed by atoms with Gasteiger partial charge in [0.15, 0.2) is 0 Å². The van der Waals surface area contributed by atoms with E-state index in [-0.39, 0.29) is 5.97 Å². The summed E-state index contributed by atoms with van der Waals surface area (Å²) in [5.74, 6) is 3.94. The van der Waals surface area contributed by atoms with E-state index in [9.17, 15) is 4.79 Å². The van der Waals surface area contributed by atoms with Crippen molar-refractivity contribution in [2.45, 2.75) is 33.6 Å². The minimum Gasteiger partial charge on any atom is -0.466 e. The van der Waals surface area contributed by atoms with Crippen LogP contribution in [-0.4, -0.2) is 12.6 Å². The van der Waals surface area contributed by atoms with Crippen molar-refractivity contribution in [1.82, 2.24) is 0 Å². The number of ether oxygens (including phenoxy) is 1. The predicted molar refractivity (Wildman–Crippen MR) is 54.7 cm³/mol. The Bertz CT molecular complexity index is 234. The number of rotatable bonds is 2. The van der Waals surface area contributed by atoms with E-state index in [1.807, 2.05) is 0 Å². The highest BCUT2D eigenvalue weighted by Crippen LogP contribution is 2.54. The summed E-state index contributed by atoms with van der Waals surface area (Å²) in [5.41, 5.74) is 0.